The van der Waals surface area contributed by atoms with Crippen LogP contribution in [0.3, 0.4) is 0 Å². The van der Waals surface area contributed by atoms with Gasteiger partial charge in [0.15, 0.2) is 6.10 Å². The summed E-state index contributed by atoms with van der Waals surface area (Å²) in [4.78, 5) is 38.5. The molecule has 472 valence electrons. The lowest BCUT2D eigenvalue weighted by molar-refractivity contribution is -0.167. The van der Waals surface area contributed by atoms with Gasteiger partial charge in [-0.15, -0.1) is 0 Å². The molecule has 0 aromatic heterocycles. The second-order valence-electron chi connectivity index (χ2n) is 24.1. The Morgan fingerprint density at radius 2 is 0.481 bits per heavy atom. The van der Waals surface area contributed by atoms with Crippen LogP contribution in [0.1, 0.15) is 380 Å². The van der Waals surface area contributed by atoms with E-state index in [-0.39, 0.29) is 31.1 Å². The third-order valence-electron chi connectivity index (χ3n) is 16.0. The molecule has 1 unspecified atom stereocenters. The van der Waals surface area contributed by atoms with E-state index in [0.29, 0.717) is 19.3 Å². The number of carbonyl (C=O) groups is 3. The predicted octanol–water partition coefficient (Wildman–Crippen LogP) is 24.7. The van der Waals surface area contributed by atoms with E-state index < -0.39 is 6.10 Å². The fourth-order valence-corrected chi connectivity index (χ4v) is 10.7. The molecule has 0 saturated heterocycles. The smallest absolute Gasteiger partial charge is 0.306 e. The van der Waals surface area contributed by atoms with Crippen molar-refractivity contribution in [1.82, 2.24) is 0 Å². The molecule has 0 radical (unpaired) electrons. The summed E-state index contributed by atoms with van der Waals surface area (Å²) in [6.45, 7) is 6.58. The van der Waals surface area contributed by atoms with Crippen LogP contribution < -0.4 is 0 Å². The molecular formula is C75H136O6. The maximum Gasteiger partial charge on any atom is 0.306 e. The van der Waals surface area contributed by atoms with Gasteiger partial charge in [-0.25, -0.2) is 0 Å². The molecule has 0 spiro atoms. The summed E-state index contributed by atoms with van der Waals surface area (Å²) in [7, 11) is 0. The molecule has 0 aliphatic heterocycles. The van der Waals surface area contributed by atoms with Crippen molar-refractivity contribution >= 4 is 17.9 Å². The van der Waals surface area contributed by atoms with Crippen molar-refractivity contribution in [3.63, 3.8) is 0 Å². The van der Waals surface area contributed by atoms with Crippen molar-refractivity contribution in [3.8, 4) is 0 Å². The predicted molar refractivity (Wildman–Crippen MR) is 353 cm³/mol. The molecule has 0 amide bonds. The van der Waals surface area contributed by atoms with Crippen LogP contribution in [0, 0.1) is 0 Å². The third kappa shape index (κ3) is 67.8. The molecule has 81 heavy (non-hydrogen) atoms. The van der Waals surface area contributed by atoms with Crippen LogP contribution in [0.15, 0.2) is 60.8 Å². The number of carbonyl (C=O) groups excluding carboxylic acids is 3. The van der Waals surface area contributed by atoms with Gasteiger partial charge in [-0.2, -0.15) is 0 Å². The Kier molecular flexibility index (Phi) is 67.1. The van der Waals surface area contributed by atoms with Crippen LogP contribution in [0.5, 0.6) is 0 Å². The Morgan fingerprint density at radius 3 is 0.765 bits per heavy atom. The lowest BCUT2D eigenvalue weighted by Crippen LogP contribution is -2.30. The zero-order valence-electron chi connectivity index (χ0n) is 54.3. The van der Waals surface area contributed by atoms with E-state index in [4.69, 9.17) is 14.2 Å². The van der Waals surface area contributed by atoms with Gasteiger partial charge in [-0.3, -0.25) is 14.4 Å². The molecule has 0 aliphatic rings. The summed E-state index contributed by atoms with van der Waals surface area (Å²) in [5.74, 6) is -0.878. The number of hydrogen-bond donors (Lipinski definition) is 0. The highest BCUT2D eigenvalue weighted by atomic mass is 16.6. The highest BCUT2D eigenvalue weighted by molar-refractivity contribution is 5.71. The highest BCUT2D eigenvalue weighted by Gasteiger charge is 2.19. The van der Waals surface area contributed by atoms with E-state index >= 15 is 0 Å². The summed E-state index contributed by atoms with van der Waals surface area (Å²) in [5, 5.41) is 0. The Labute approximate surface area is 504 Å². The standard InChI is InChI=1S/C75H136O6/c1-4-7-10-13-16-19-22-25-28-31-33-35-37-39-41-44-47-50-53-56-59-62-65-68-74(77)80-71-72(70-79-73(76)67-64-61-58-55-52-49-46-43-30-27-24-21-18-15-12-9-6-3)81-75(78)69-66-63-60-57-54-51-48-45-42-40-38-36-34-32-29-26-23-20-17-14-11-8-5-2/h9,12,18,21,27,30-31,33,46,49,72H,4-8,10-11,13-17,19-20,22-26,28-29,32,34-45,47-48,50-71H2,1-3H3/b12-9-,21-18-,30-27-,33-31-,49-46-. The molecule has 0 aromatic carbocycles. The van der Waals surface area contributed by atoms with Crippen molar-refractivity contribution < 1.29 is 28.6 Å². The quantitative estimate of drug-likeness (QED) is 0.0261. The average molecular weight is 1130 g/mol. The number of hydrogen-bond acceptors (Lipinski definition) is 6. The molecule has 6 nitrogen and oxygen atoms in total. The van der Waals surface area contributed by atoms with Gasteiger partial charge in [0.2, 0.25) is 0 Å². The van der Waals surface area contributed by atoms with Crippen molar-refractivity contribution in [2.24, 2.45) is 0 Å². The van der Waals surface area contributed by atoms with Gasteiger partial charge in [0.25, 0.3) is 0 Å². The number of ether oxygens (including phenoxy) is 3. The van der Waals surface area contributed by atoms with Crippen LogP contribution >= 0.6 is 0 Å². The minimum absolute atomic E-state index is 0.0788. The van der Waals surface area contributed by atoms with E-state index in [1.807, 2.05) is 0 Å². The molecule has 0 saturated carbocycles. The first-order valence-corrected chi connectivity index (χ1v) is 35.8. The largest absolute Gasteiger partial charge is 0.462 e. The molecular weight excluding hydrogens is 997 g/mol. The van der Waals surface area contributed by atoms with Crippen molar-refractivity contribution in [2.45, 2.75) is 386 Å². The molecule has 0 bridgehead atoms. The Morgan fingerprint density at radius 1 is 0.259 bits per heavy atom. The number of allylic oxidation sites excluding steroid dienone is 10. The summed E-state index contributed by atoms with van der Waals surface area (Å²) in [6, 6.07) is 0. The number of rotatable bonds is 66. The SMILES string of the molecule is CC/C=C\C/C=C\C/C=C\C/C=C\CCCCCCC(=O)OCC(COC(=O)CCCCCCCCCCCCC/C=C\CCCCCCCCCC)OC(=O)CCCCCCCCCCCCCCCCCCCCCCCCC. The van der Waals surface area contributed by atoms with Crippen molar-refractivity contribution in [2.75, 3.05) is 13.2 Å². The van der Waals surface area contributed by atoms with Gasteiger partial charge in [0.05, 0.1) is 0 Å². The van der Waals surface area contributed by atoms with Gasteiger partial charge in [0.1, 0.15) is 13.2 Å². The Balaban J connectivity index is 4.33. The Bertz CT molecular complexity index is 1440. The number of esters is 3. The molecule has 6 heteroatoms. The molecule has 0 rings (SSSR count). The minimum atomic E-state index is -0.785. The highest BCUT2D eigenvalue weighted by Crippen LogP contribution is 2.18. The van der Waals surface area contributed by atoms with E-state index in [9.17, 15) is 14.4 Å². The fourth-order valence-electron chi connectivity index (χ4n) is 10.7. The minimum Gasteiger partial charge on any atom is -0.462 e. The molecule has 0 aromatic rings. The van der Waals surface area contributed by atoms with E-state index in [2.05, 4.69) is 81.5 Å². The average Bonchev–Trinajstić information content (AvgIpc) is 3.47. The van der Waals surface area contributed by atoms with Gasteiger partial charge in [-0.1, -0.05) is 338 Å². The summed E-state index contributed by atoms with van der Waals surface area (Å²) < 4.78 is 17.0. The molecule has 0 N–H and O–H groups in total. The third-order valence-corrected chi connectivity index (χ3v) is 16.0. The zero-order chi connectivity index (χ0) is 58.5. The monoisotopic (exact) mass is 1130 g/mol. The fraction of sp³-hybridized carbons (Fsp3) is 0.827. The summed E-state index contributed by atoms with van der Waals surface area (Å²) in [5.41, 5.74) is 0. The van der Waals surface area contributed by atoms with Crippen molar-refractivity contribution in [1.29, 1.82) is 0 Å². The lowest BCUT2D eigenvalue weighted by atomic mass is 10.0. The van der Waals surface area contributed by atoms with Gasteiger partial charge in [0, 0.05) is 19.3 Å². The summed E-state index contributed by atoms with van der Waals surface area (Å²) >= 11 is 0. The maximum atomic E-state index is 13.0. The molecule has 0 fully saturated rings. The van der Waals surface area contributed by atoms with Gasteiger partial charge >= 0.3 is 17.9 Å². The zero-order valence-corrected chi connectivity index (χ0v) is 54.3. The van der Waals surface area contributed by atoms with Crippen LogP contribution in [0.4, 0.5) is 0 Å². The van der Waals surface area contributed by atoms with E-state index in [1.165, 1.54) is 244 Å². The van der Waals surface area contributed by atoms with Crippen LogP contribution in [0.2, 0.25) is 0 Å². The number of unbranched alkanes of at least 4 members (excludes halogenated alkanes) is 45. The Hall–Kier alpha value is -2.89. The topological polar surface area (TPSA) is 78.9 Å². The normalized spacial score (nSPS) is 12.4. The molecule has 1 atom stereocenters. The van der Waals surface area contributed by atoms with Gasteiger partial charge in [-0.05, 0) is 83.5 Å². The second-order valence-corrected chi connectivity index (χ2v) is 24.1. The van der Waals surface area contributed by atoms with Gasteiger partial charge < -0.3 is 14.2 Å². The first-order valence-electron chi connectivity index (χ1n) is 35.8. The van der Waals surface area contributed by atoms with Crippen molar-refractivity contribution in [3.05, 3.63) is 60.8 Å². The van der Waals surface area contributed by atoms with E-state index in [1.54, 1.807) is 0 Å². The van der Waals surface area contributed by atoms with Crippen LogP contribution in [-0.4, -0.2) is 37.2 Å². The van der Waals surface area contributed by atoms with E-state index in [0.717, 1.165) is 96.3 Å². The van der Waals surface area contributed by atoms with Crippen LogP contribution in [-0.2, 0) is 28.6 Å². The first kappa shape index (κ1) is 78.1. The first-order chi connectivity index (χ1) is 40.0. The summed E-state index contributed by atoms with van der Waals surface area (Å²) in [6.07, 6.45) is 89.7. The maximum absolute atomic E-state index is 13.0. The molecule has 0 aliphatic carbocycles. The lowest BCUT2D eigenvalue weighted by Gasteiger charge is -2.18. The van der Waals surface area contributed by atoms with Crippen LogP contribution in [0.25, 0.3) is 0 Å². The second kappa shape index (κ2) is 69.6. The molecule has 0 heterocycles.